The van der Waals surface area contributed by atoms with Gasteiger partial charge in [-0.1, -0.05) is 13.8 Å². The molecule has 1 aliphatic heterocycles. The molecule has 4 heteroatoms. The van der Waals surface area contributed by atoms with E-state index in [0.29, 0.717) is 6.04 Å². The standard InChI is InChI=1S/C17H28N2O2/c1-6-14-16-13(8-9-19(14)3)17(21-5)12(11-18-7-2)10-15(16)20-4/h10,14,18H,6-9,11H2,1-5H3. The topological polar surface area (TPSA) is 33.7 Å². The molecular weight excluding hydrogens is 264 g/mol. The lowest BCUT2D eigenvalue weighted by atomic mass is 9.88. The molecule has 0 spiro atoms. The molecule has 0 aromatic heterocycles. The Morgan fingerprint density at radius 3 is 2.62 bits per heavy atom. The van der Waals surface area contributed by atoms with Crippen LogP contribution in [0.2, 0.25) is 0 Å². The van der Waals surface area contributed by atoms with Crippen LogP contribution in [0.5, 0.6) is 11.5 Å². The first-order valence-electron chi connectivity index (χ1n) is 7.85. The highest BCUT2D eigenvalue weighted by Crippen LogP contribution is 2.43. The Balaban J connectivity index is 2.56. The zero-order chi connectivity index (χ0) is 15.4. The summed E-state index contributed by atoms with van der Waals surface area (Å²) in [6.07, 6.45) is 2.09. The van der Waals surface area contributed by atoms with Crippen molar-refractivity contribution in [3.05, 3.63) is 22.8 Å². The number of nitrogens with zero attached hydrogens (tertiary/aromatic N) is 1. The molecule has 0 saturated carbocycles. The molecule has 0 radical (unpaired) electrons. The number of nitrogens with one attached hydrogen (secondary N) is 1. The van der Waals surface area contributed by atoms with Crippen LogP contribution in [0, 0.1) is 0 Å². The number of hydrogen-bond donors (Lipinski definition) is 1. The monoisotopic (exact) mass is 292 g/mol. The van der Waals surface area contributed by atoms with E-state index in [1.807, 2.05) is 0 Å². The Morgan fingerprint density at radius 2 is 2.05 bits per heavy atom. The van der Waals surface area contributed by atoms with Gasteiger partial charge in [0.25, 0.3) is 0 Å². The maximum atomic E-state index is 5.75. The van der Waals surface area contributed by atoms with Gasteiger partial charge in [0.1, 0.15) is 11.5 Å². The highest BCUT2D eigenvalue weighted by atomic mass is 16.5. The third-order valence-corrected chi connectivity index (χ3v) is 4.42. The average Bonchev–Trinajstić information content (AvgIpc) is 2.51. The number of fused-ring (bicyclic) bond motifs is 1. The summed E-state index contributed by atoms with van der Waals surface area (Å²) in [5.74, 6) is 2.04. The first-order valence-corrected chi connectivity index (χ1v) is 7.85. The molecule has 4 nitrogen and oxygen atoms in total. The van der Waals surface area contributed by atoms with Gasteiger partial charge >= 0.3 is 0 Å². The molecule has 2 rings (SSSR count). The van der Waals surface area contributed by atoms with E-state index in [9.17, 15) is 0 Å². The average molecular weight is 292 g/mol. The fourth-order valence-electron chi connectivity index (χ4n) is 3.37. The molecular formula is C17H28N2O2. The lowest BCUT2D eigenvalue weighted by molar-refractivity contribution is 0.216. The van der Waals surface area contributed by atoms with E-state index >= 15 is 0 Å². The summed E-state index contributed by atoms with van der Waals surface area (Å²) >= 11 is 0. The largest absolute Gasteiger partial charge is 0.496 e. The minimum Gasteiger partial charge on any atom is -0.496 e. The van der Waals surface area contributed by atoms with Crippen LogP contribution in [0.25, 0.3) is 0 Å². The zero-order valence-corrected chi connectivity index (χ0v) is 14.0. The normalized spacial score (nSPS) is 18.4. The predicted octanol–water partition coefficient (Wildman–Crippen LogP) is 2.75. The number of benzene rings is 1. The third kappa shape index (κ3) is 3.01. The van der Waals surface area contributed by atoms with Crippen molar-refractivity contribution in [2.24, 2.45) is 0 Å². The molecule has 0 saturated heterocycles. The van der Waals surface area contributed by atoms with Gasteiger partial charge in [0, 0.05) is 35.8 Å². The van der Waals surface area contributed by atoms with Crippen molar-refractivity contribution in [2.75, 3.05) is 34.4 Å². The van der Waals surface area contributed by atoms with Gasteiger partial charge in [0.2, 0.25) is 0 Å². The second-order valence-corrected chi connectivity index (χ2v) is 5.60. The maximum Gasteiger partial charge on any atom is 0.127 e. The second kappa shape index (κ2) is 7.14. The Morgan fingerprint density at radius 1 is 1.29 bits per heavy atom. The first kappa shape index (κ1) is 16.1. The van der Waals surface area contributed by atoms with Crippen LogP contribution in [0.4, 0.5) is 0 Å². The number of methoxy groups -OCH3 is 2. The molecule has 1 aliphatic rings. The van der Waals surface area contributed by atoms with Crippen LogP contribution in [-0.2, 0) is 13.0 Å². The van der Waals surface area contributed by atoms with E-state index in [1.165, 1.54) is 16.7 Å². The van der Waals surface area contributed by atoms with Crippen LogP contribution in [-0.4, -0.2) is 39.3 Å². The van der Waals surface area contributed by atoms with E-state index < -0.39 is 0 Å². The SMILES string of the molecule is CCNCc1cc(OC)c2c(c1OC)CCN(C)C2CC. The summed E-state index contributed by atoms with van der Waals surface area (Å²) in [7, 11) is 5.73. The molecule has 1 unspecified atom stereocenters. The molecule has 1 atom stereocenters. The van der Waals surface area contributed by atoms with Gasteiger partial charge in [0.05, 0.1) is 14.2 Å². The summed E-state index contributed by atoms with van der Waals surface area (Å²) in [4.78, 5) is 2.41. The van der Waals surface area contributed by atoms with Gasteiger partial charge in [-0.25, -0.2) is 0 Å². The van der Waals surface area contributed by atoms with Gasteiger partial charge in [-0.05, 0) is 32.5 Å². The van der Waals surface area contributed by atoms with Crippen LogP contribution in [0.3, 0.4) is 0 Å². The van der Waals surface area contributed by atoms with E-state index in [1.54, 1.807) is 14.2 Å². The van der Waals surface area contributed by atoms with Crippen molar-refractivity contribution in [2.45, 2.75) is 39.3 Å². The molecule has 1 heterocycles. The van der Waals surface area contributed by atoms with Crippen molar-refractivity contribution in [3.8, 4) is 11.5 Å². The van der Waals surface area contributed by atoms with E-state index in [4.69, 9.17) is 9.47 Å². The molecule has 1 N–H and O–H groups in total. The maximum absolute atomic E-state index is 5.75. The van der Waals surface area contributed by atoms with Crippen LogP contribution in [0.15, 0.2) is 6.07 Å². The van der Waals surface area contributed by atoms with Gasteiger partial charge in [-0.3, -0.25) is 4.90 Å². The van der Waals surface area contributed by atoms with Crippen molar-refractivity contribution >= 4 is 0 Å². The summed E-state index contributed by atoms with van der Waals surface area (Å²) < 4.78 is 11.5. The van der Waals surface area contributed by atoms with E-state index in [0.717, 1.165) is 44.0 Å². The smallest absolute Gasteiger partial charge is 0.127 e. The Hall–Kier alpha value is -1.26. The number of ether oxygens (including phenoxy) is 2. The Bertz CT molecular complexity index is 488. The van der Waals surface area contributed by atoms with Crippen molar-refractivity contribution in [1.29, 1.82) is 0 Å². The zero-order valence-electron chi connectivity index (χ0n) is 14.0. The summed E-state index contributed by atoms with van der Waals surface area (Å²) in [6, 6.07) is 2.55. The van der Waals surface area contributed by atoms with Gasteiger partial charge < -0.3 is 14.8 Å². The summed E-state index contributed by atoms with van der Waals surface area (Å²) in [6.45, 7) is 7.17. The Labute approximate surface area is 128 Å². The van der Waals surface area contributed by atoms with Gasteiger partial charge in [-0.15, -0.1) is 0 Å². The lowest BCUT2D eigenvalue weighted by Crippen LogP contribution is -2.32. The lowest BCUT2D eigenvalue weighted by Gasteiger charge is -2.36. The van der Waals surface area contributed by atoms with Crippen molar-refractivity contribution < 1.29 is 9.47 Å². The first-order chi connectivity index (χ1) is 10.2. The van der Waals surface area contributed by atoms with E-state index in [-0.39, 0.29) is 0 Å². The summed E-state index contributed by atoms with van der Waals surface area (Å²) in [5.41, 5.74) is 3.83. The second-order valence-electron chi connectivity index (χ2n) is 5.60. The van der Waals surface area contributed by atoms with E-state index in [2.05, 4.69) is 37.2 Å². The highest BCUT2D eigenvalue weighted by molar-refractivity contribution is 5.56. The molecule has 0 aliphatic carbocycles. The molecule has 21 heavy (non-hydrogen) atoms. The van der Waals surface area contributed by atoms with Gasteiger partial charge in [0.15, 0.2) is 0 Å². The fraction of sp³-hybridized carbons (Fsp3) is 0.647. The van der Waals surface area contributed by atoms with Gasteiger partial charge in [-0.2, -0.15) is 0 Å². The molecule has 0 fully saturated rings. The third-order valence-electron chi connectivity index (χ3n) is 4.42. The minimum absolute atomic E-state index is 0.408. The van der Waals surface area contributed by atoms with Crippen molar-refractivity contribution in [3.63, 3.8) is 0 Å². The molecule has 118 valence electrons. The molecule has 1 aromatic carbocycles. The number of rotatable bonds is 6. The van der Waals surface area contributed by atoms with Crippen LogP contribution < -0.4 is 14.8 Å². The summed E-state index contributed by atoms with van der Waals surface area (Å²) in [5, 5.41) is 3.39. The minimum atomic E-state index is 0.408. The molecule has 0 bridgehead atoms. The van der Waals surface area contributed by atoms with Crippen LogP contribution >= 0.6 is 0 Å². The van der Waals surface area contributed by atoms with Crippen molar-refractivity contribution in [1.82, 2.24) is 10.2 Å². The van der Waals surface area contributed by atoms with Crippen LogP contribution in [0.1, 0.15) is 43.0 Å². The number of likely N-dealkylation sites (N-methyl/N-ethyl adjacent to an activating group) is 1. The highest BCUT2D eigenvalue weighted by Gasteiger charge is 2.30. The fourth-order valence-corrected chi connectivity index (χ4v) is 3.37. The Kier molecular flexibility index (Phi) is 5.48. The predicted molar refractivity (Wildman–Crippen MR) is 86.3 cm³/mol. The number of hydrogen-bond acceptors (Lipinski definition) is 4. The quantitative estimate of drug-likeness (QED) is 0.874. The molecule has 1 aromatic rings. The molecule has 0 amide bonds.